The van der Waals surface area contributed by atoms with E-state index in [1.807, 2.05) is 6.20 Å². The van der Waals surface area contributed by atoms with Crippen molar-refractivity contribution in [3.05, 3.63) is 36.0 Å². The van der Waals surface area contributed by atoms with Gasteiger partial charge >= 0.3 is 0 Å². The van der Waals surface area contributed by atoms with Crippen LogP contribution in [-0.2, 0) is 0 Å². The Labute approximate surface area is 102 Å². The third kappa shape index (κ3) is 1.95. The third-order valence-electron chi connectivity index (χ3n) is 3.31. The van der Waals surface area contributed by atoms with Gasteiger partial charge in [0.2, 0.25) is 0 Å². The number of halogens is 1. The van der Waals surface area contributed by atoms with Gasteiger partial charge in [-0.2, -0.15) is 0 Å². The van der Waals surface area contributed by atoms with Crippen LogP contribution in [0.4, 0.5) is 0 Å². The molecule has 1 aliphatic rings. The minimum Gasteiger partial charge on any atom is -0.361 e. The van der Waals surface area contributed by atoms with Gasteiger partial charge in [0, 0.05) is 23.1 Å². The molecule has 1 aromatic heterocycles. The fourth-order valence-corrected chi connectivity index (χ4v) is 2.53. The topological polar surface area (TPSA) is 27.8 Å². The van der Waals surface area contributed by atoms with E-state index in [0.717, 1.165) is 6.54 Å². The van der Waals surface area contributed by atoms with E-state index < -0.39 is 0 Å². The van der Waals surface area contributed by atoms with E-state index in [1.54, 1.807) is 0 Å². The Hall–Kier alpha value is -0.990. The normalized spacial score (nSPS) is 20.6. The number of H-pyrrole nitrogens is 1. The van der Waals surface area contributed by atoms with E-state index in [-0.39, 0.29) is 12.4 Å². The van der Waals surface area contributed by atoms with Gasteiger partial charge in [-0.25, -0.2) is 0 Å². The molecule has 0 amide bonds. The van der Waals surface area contributed by atoms with Crippen molar-refractivity contribution in [2.45, 2.75) is 25.3 Å². The SMILES string of the molecule is Cl.c1cc([C@@H]2CCCCN2)c2cc[nH]c2c1. The van der Waals surface area contributed by atoms with E-state index in [4.69, 9.17) is 0 Å². The number of nitrogens with one attached hydrogen (secondary N) is 2. The van der Waals surface area contributed by atoms with Crippen LogP contribution in [0.15, 0.2) is 30.5 Å². The Morgan fingerprint density at radius 2 is 2.06 bits per heavy atom. The molecular weight excluding hydrogens is 220 g/mol. The summed E-state index contributed by atoms with van der Waals surface area (Å²) in [5.74, 6) is 0. The van der Waals surface area contributed by atoms with Gasteiger partial charge in [0.25, 0.3) is 0 Å². The van der Waals surface area contributed by atoms with Gasteiger partial charge in [0.05, 0.1) is 0 Å². The minimum absolute atomic E-state index is 0. The molecule has 1 aromatic carbocycles. The molecule has 0 bridgehead atoms. The lowest BCUT2D eigenvalue weighted by Gasteiger charge is -2.24. The molecule has 3 rings (SSSR count). The number of hydrogen-bond donors (Lipinski definition) is 2. The van der Waals surface area contributed by atoms with Gasteiger partial charge in [0.1, 0.15) is 0 Å². The summed E-state index contributed by atoms with van der Waals surface area (Å²) in [6.07, 6.45) is 5.96. The van der Waals surface area contributed by atoms with Crippen LogP contribution in [0.2, 0.25) is 0 Å². The van der Waals surface area contributed by atoms with Crippen molar-refractivity contribution in [2.75, 3.05) is 6.54 Å². The van der Waals surface area contributed by atoms with Crippen molar-refractivity contribution in [1.29, 1.82) is 0 Å². The number of hydrogen-bond acceptors (Lipinski definition) is 1. The molecule has 0 spiro atoms. The average molecular weight is 237 g/mol. The van der Waals surface area contributed by atoms with Crippen LogP contribution in [-0.4, -0.2) is 11.5 Å². The standard InChI is InChI=1S/C13H16N2.ClH/c1-2-8-14-12(5-1)10-4-3-6-13-11(10)7-9-15-13;/h3-4,6-7,9,12,14-15H,1-2,5,8H2;1H/t12-;/m0./s1. The third-order valence-corrected chi connectivity index (χ3v) is 3.31. The largest absolute Gasteiger partial charge is 0.361 e. The van der Waals surface area contributed by atoms with Gasteiger partial charge in [0.15, 0.2) is 0 Å². The minimum atomic E-state index is 0. The van der Waals surface area contributed by atoms with Crippen LogP contribution in [0.25, 0.3) is 10.9 Å². The summed E-state index contributed by atoms with van der Waals surface area (Å²) in [7, 11) is 0. The van der Waals surface area contributed by atoms with Crippen molar-refractivity contribution in [2.24, 2.45) is 0 Å². The number of aromatic amines is 1. The lowest BCUT2D eigenvalue weighted by molar-refractivity contribution is 0.414. The highest BCUT2D eigenvalue weighted by atomic mass is 35.5. The average Bonchev–Trinajstić information content (AvgIpc) is 2.78. The van der Waals surface area contributed by atoms with Crippen LogP contribution in [0.1, 0.15) is 30.9 Å². The predicted octanol–water partition coefficient (Wildman–Crippen LogP) is 3.40. The molecule has 3 heteroatoms. The number of rotatable bonds is 1. The number of fused-ring (bicyclic) bond motifs is 1. The highest BCUT2D eigenvalue weighted by Gasteiger charge is 2.16. The summed E-state index contributed by atoms with van der Waals surface area (Å²) in [4.78, 5) is 3.27. The lowest BCUT2D eigenvalue weighted by Crippen LogP contribution is -2.26. The fraction of sp³-hybridized carbons (Fsp3) is 0.385. The van der Waals surface area contributed by atoms with Crippen LogP contribution >= 0.6 is 12.4 Å². The second-order valence-electron chi connectivity index (χ2n) is 4.29. The van der Waals surface area contributed by atoms with Crippen molar-refractivity contribution in [3.8, 4) is 0 Å². The van der Waals surface area contributed by atoms with Crippen LogP contribution < -0.4 is 5.32 Å². The Balaban J connectivity index is 0.000000963. The van der Waals surface area contributed by atoms with E-state index in [2.05, 4.69) is 34.6 Å². The predicted molar refractivity (Wildman–Crippen MR) is 70.1 cm³/mol. The number of piperidine rings is 1. The highest BCUT2D eigenvalue weighted by molar-refractivity contribution is 5.85. The molecule has 2 N–H and O–H groups in total. The second kappa shape index (κ2) is 4.89. The van der Waals surface area contributed by atoms with E-state index in [0.29, 0.717) is 6.04 Å². The number of aromatic nitrogens is 1. The van der Waals surface area contributed by atoms with Gasteiger partial charge in [-0.05, 0) is 37.1 Å². The molecule has 86 valence electrons. The van der Waals surface area contributed by atoms with Gasteiger partial charge in [-0.1, -0.05) is 18.6 Å². The Bertz CT molecular complexity index is 458. The summed E-state index contributed by atoms with van der Waals surface area (Å²) >= 11 is 0. The van der Waals surface area contributed by atoms with E-state index in [1.165, 1.54) is 35.7 Å². The first kappa shape index (κ1) is 11.5. The molecule has 1 saturated heterocycles. The highest BCUT2D eigenvalue weighted by Crippen LogP contribution is 2.28. The maximum absolute atomic E-state index is 3.60. The van der Waals surface area contributed by atoms with Gasteiger partial charge in [-0.3, -0.25) is 0 Å². The summed E-state index contributed by atoms with van der Waals surface area (Å²) in [6.45, 7) is 1.16. The Morgan fingerprint density at radius 1 is 1.12 bits per heavy atom. The van der Waals surface area contributed by atoms with Gasteiger partial charge < -0.3 is 10.3 Å². The molecule has 0 unspecified atom stereocenters. The lowest BCUT2D eigenvalue weighted by atomic mass is 9.95. The van der Waals surface area contributed by atoms with Gasteiger partial charge in [-0.15, -0.1) is 12.4 Å². The van der Waals surface area contributed by atoms with Crippen LogP contribution in [0.5, 0.6) is 0 Å². The molecule has 1 fully saturated rings. The van der Waals surface area contributed by atoms with Crippen LogP contribution in [0.3, 0.4) is 0 Å². The van der Waals surface area contributed by atoms with Crippen LogP contribution in [0, 0.1) is 0 Å². The Kier molecular flexibility index (Phi) is 3.52. The fourth-order valence-electron chi connectivity index (χ4n) is 2.53. The molecule has 0 aliphatic carbocycles. The first-order chi connectivity index (χ1) is 7.45. The maximum Gasteiger partial charge on any atom is 0.0457 e. The molecule has 0 saturated carbocycles. The monoisotopic (exact) mass is 236 g/mol. The second-order valence-corrected chi connectivity index (χ2v) is 4.29. The molecule has 1 aliphatic heterocycles. The van der Waals surface area contributed by atoms with Crippen molar-refractivity contribution in [1.82, 2.24) is 10.3 Å². The summed E-state index contributed by atoms with van der Waals surface area (Å²) in [6, 6.07) is 9.27. The molecule has 2 aromatic rings. The number of benzene rings is 1. The molecular formula is C13H17ClN2. The molecule has 0 radical (unpaired) electrons. The summed E-state index contributed by atoms with van der Waals surface area (Å²) < 4.78 is 0. The summed E-state index contributed by atoms with van der Waals surface area (Å²) in [5, 5.41) is 4.98. The zero-order valence-electron chi connectivity index (χ0n) is 9.20. The quantitative estimate of drug-likeness (QED) is 0.781. The first-order valence-corrected chi connectivity index (χ1v) is 5.74. The first-order valence-electron chi connectivity index (χ1n) is 5.74. The summed E-state index contributed by atoms with van der Waals surface area (Å²) in [5.41, 5.74) is 2.70. The van der Waals surface area contributed by atoms with Crippen molar-refractivity contribution in [3.63, 3.8) is 0 Å². The molecule has 1 atom stereocenters. The maximum atomic E-state index is 3.60. The van der Waals surface area contributed by atoms with E-state index >= 15 is 0 Å². The molecule has 16 heavy (non-hydrogen) atoms. The molecule has 2 heterocycles. The zero-order valence-corrected chi connectivity index (χ0v) is 10.0. The van der Waals surface area contributed by atoms with E-state index in [9.17, 15) is 0 Å². The van der Waals surface area contributed by atoms with Crippen molar-refractivity contribution >= 4 is 23.3 Å². The zero-order chi connectivity index (χ0) is 10.1. The van der Waals surface area contributed by atoms with Crippen molar-refractivity contribution < 1.29 is 0 Å². The molecule has 2 nitrogen and oxygen atoms in total. The smallest absolute Gasteiger partial charge is 0.0457 e. The Morgan fingerprint density at radius 3 is 2.88 bits per heavy atom.